The second-order valence-electron chi connectivity index (χ2n) is 9.32. The molecule has 7 heteroatoms. The summed E-state index contributed by atoms with van der Waals surface area (Å²) in [6.07, 6.45) is 3.18. The molecule has 1 saturated heterocycles. The van der Waals surface area contributed by atoms with E-state index >= 15 is 0 Å². The third-order valence-electron chi connectivity index (χ3n) is 6.72. The minimum atomic E-state index is -0.796. The van der Waals surface area contributed by atoms with Crippen LogP contribution in [0.5, 0.6) is 17.2 Å². The van der Waals surface area contributed by atoms with Crippen molar-refractivity contribution in [2.45, 2.75) is 45.7 Å². The van der Waals surface area contributed by atoms with Crippen molar-refractivity contribution in [3.8, 4) is 17.2 Å². The number of ether oxygens (including phenoxy) is 3. The average molecular weight is 530 g/mol. The van der Waals surface area contributed by atoms with E-state index in [1.807, 2.05) is 43.3 Å². The number of Topliss-reactive ketones (excluding diaryl/α,β-unsaturated/α-hetero) is 1. The Morgan fingerprint density at radius 2 is 1.54 bits per heavy atom. The van der Waals surface area contributed by atoms with Crippen LogP contribution in [0, 0.1) is 0 Å². The maximum Gasteiger partial charge on any atom is 0.295 e. The van der Waals surface area contributed by atoms with Crippen LogP contribution in [0.4, 0.5) is 0 Å². The first-order valence-corrected chi connectivity index (χ1v) is 13.3. The molecule has 1 aliphatic rings. The van der Waals surface area contributed by atoms with Gasteiger partial charge in [0, 0.05) is 11.1 Å². The van der Waals surface area contributed by atoms with Gasteiger partial charge in [0.2, 0.25) is 0 Å². The summed E-state index contributed by atoms with van der Waals surface area (Å²) < 4.78 is 16.8. The standard InChI is InChI=1S/C32H35NO6/c1-4-6-9-20-39-26-18-14-23(15-19-26)30(34)28-29(22-12-16-25(17-13-22)38-5-2)33(32(36)31(28)35)21-24-10-7-8-11-27(24)37-3/h7-8,10-19,29,34H,4-6,9,20-21H2,1-3H3/b30-28+. The zero-order chi connectivity index (χ0) is 27.8. The van der Waals surface area contributed by atoms with Crippen molar-refractivity contribution in [1.82, 2.24) is 4.90 Å². The van der Waals surface area contributed by atoms with Crippen molar-refractivity contribution in [1.29, 1.82) is 0 Å². The van der Waals surface area contributed by atoms with Gasteiger partial charge < -0.3 is 24.2 Å². The molecule has 39 heavy (non-hydrogen) atoms. The second-order valence-corrected chi connectivity index (χ2v) is 9.32. The summed E-state index contributed by atoms with van der Waals surface area (Å²) in [6, 6.07) is 20.7. The molecule has 1 amide bonds. The van der Waals surface area contributed by atoms with Crippen molar-refractivity contribution < 1.29 is 28.9 Å². The van der Waals surface area contributed by atoms with Gasteiger partial charge in [-0.25, -0.2) is 0 Å². The summed E-state index contributed by atoms with van der Waals surface area (Å²) in [6.45, 7) is 5.30. The lowest BCUT2D eigenvalue weighted by Crippen LogP contribution is -2.29. The maximum atomic E-state index is 13.4. The number of unbranched alkanes of at least 4 members (excludes halogenated alkanes) is 2. The van der Waals surface area contributed by atoms with Gasteiger partial charge in [-0.1, -0.05) is 50.1 Å². The zero-order valence-electron chi connectivity index (χ0n) is 22.7. The van der Waals surface area contributed by atoms with Gasteiger partial charge in [-0.15, -0.1) is 0 Å². The molecular weight excluding hydrogens is 494 g/mol. The largest absolute Gasteiger partial charge is 0.507 e. The Balaban J connectivity index is 1.72. The second kappa shape index (κ2) is 13.0. The SMILES string of the molecule is CCCCCOc1ccc(/C(O)=C2\C(=O)C(=O)N(Cc3ccccc3OC)C2c2ccc(OCC)cc2)cc1. The monoisotopic (exact) mass is 529 g/mol. The Kier molecular flexibility index (Phi) is 9.26. The summed E-state index contributed by atoms with van der Waals surface area (Å²) in [4.78, 5) is 28.3. The van der Waals surface area contributed by atoms with Crippen LogP contribution >= 0.6 is 0 Å². The minimum absolute atomic E-state index is 0.0377. The fourth-order valence-electron chi connectivity index (χ4n) is 4.73. The quantitative estimate of drug-likeness (QED) is 0.129. The summed E-state index contributed by atoms with van der Waals surface area (Å²) >= 11 is 0. The van der Waals surface area contributed by atoms with Crippen LogP contribution in [-0.4, -0.2) is 42.0 Å². The van der Waals surface area contributed by atoms with E-state index in [4.69, 9.17) is 14.2 Å². The van der Waals surface area contributed by atoms with E-state index < -0.39 is 17.7 Å². The molecule has 0 bridgehead atoms. The van der Waals surface area contributed by atoms with E-state index in [2.05, 4.69) is 6.92 Å². The fourth-order valence-corrected chi connectivity index (χ4v) is 4.73. The van der Waals surface area contributed by atoms with Crippen LogP contribution < -0.4 is 14.2 Å². The number of aliphatic hydroxyl groups is 1. The number of rotatable bonds is 12. The Morgan fingerprint density at radius 1 is 0.872 bits per heavy atom. The van der Waals surface area contributed by atoms with E-state index in [1.54, 1.807) is 43.5 Å². The lowest BCUT2D eigenvalue weighted by atomic mass is 9.95. The van der Waals surface area contributed by atoms with Crippen LogP contribution in [0.15, 0.2) is 78.4 Å². The normalized spacial score (nSPS) is 16.4. The molecule has 0 saturated carbocycles. The molecule has 1 aliphatic heterocycles. The summed E-state index contributed by atoms with van der Waals surface area (Å²) in [7, 11) is 1.56. The van der Waals surface area contributed by atoms with Crippen molar-refractivity contribution in [2.24, 2.45) is 0 Å². The van der Waals surface area contributed by atoms with Crippen molar-refractivity contribution in [3.63, 3.8) is 0 Å². The number of likely N-dealkylation sites (tertiary alicyclic amines) is 1. The predicted octanol–water partition coefficient (Wildman–Crippen LogP) is 6.28. The lowest BCUT2D eigenvalue weighted by molar-refractivity contribution is -0.140. The molecular formula is C32H35NO6. The first-order chi connectivity index (χ1) is 19.0. The zero-order valence-corrected chi connectivity index (χ0v) is 22.7. The highest BCUT2D eigenvalue weighted by Crippen LogP contribution is 2.41. The van der Waals surface area contributed by atoms with E-state index in [-0.39, 0.29) is 17.9 Å². The smallest absolute Gasteiger partial charge is 0.295 e. The number of benzene rings is 3. The number of aliphatic hydroxyl groups excluding tert-OH is 1. The van der Waals surface area contributed by atoms with E-state index in [0.717, 1.165) is 24.8 Å². The van der Waals surface area contributed by atoms with Gasteiger partial charge in [0.25, 0.3) is 11.7 Å². The summed E-state index contributed by atoms with van der Waals surface area (Å²) in [5.74, 6) is 0.324. The van der Waals surface area contributed by atoms with Gasteiger partial charge in [0.05, 0.1) is 38.5 Å². The number of para-hydroxylation sites is 1. The van der Waals surface area contributed by atoms with Crippen LogP contribution in [0.3, 0.4) is 0 Å². The number of amides is 1. The molecule has 4 rings (SSSR count). The third kappa shape index (κ3) is 6.25. The van der Waals surface area contributed by atoms with Gasteiger partial charge in [-0.05, 0) is 61.4 Å². The number of carbonyl (C=O) groups excluding carboxylic acids is 2. The molecule has 0 aromatic heterocycles. The van der Waals surface area contributed by atoms with Gasteiger partial charge in [-0.2, -0.15) is 0 Å². The highest BCUT2D eigenvalue weighted by molar-refractivity contribution is 6.46. The molecule has 3 aromatic carbocycles. The van der Waals surface area contributed by atoms with E-state index in [1.165, 1.54) is 4.90 Å². The number of nitrogens with zero attached hydrogens (tertiary/aromatic N) is 1. The molecule has 1 N–H and O–H groups in total. The molecule has 1 atom stereocenters. The first-order valence-electron chi connectivity index (χ1n) is 13.3. The van der Waals surface area contributed by atoms with Crippen molar-refractivity contribution >= 4 is 17.4 Å². The Hall–Kier alpha value is -4.26. The van der Waals surface area contributed by atoms with Crippen LogP contribution in [0.25, 0.3) is 5.76 Å². The van der Waals surface area contributed by atoms with Gasteiger partial charge in [-0.3, -0.25) is 9.59 Å². The molecule has 0 spiro atoms. The Labute approximate surface area is 229 Å². The number of ketones is 1. The molecule has 7 nitrogen and oxygen atoms in total. The minimum Gasteiger partial charge on any atom is -0.507 e. The highest BCUT2D eigenvalue weighted by atomic mass is 16.5. The molecule has 3 aromatic rings. The fraction of sp³-hybridized carbons (Fsp3) is 0.312. The van der Waals surface area contributed by atoms with E-state index in [0.29, 0.717) is 41.6 Å². The number of hydrogen-bond acceptors (Lipinski definition) is 6. The Morgan fingerprint density at radius 3 is 2.21 bits per heavy atom. The number of methoxy groups -OCH3 is 1. The highest BCUT2D eigenvalue weighted by Gasteiger charge is 2.46. The average Bonchev–Trinajstić information content (AvgIpc) is 3.21. The van der Waals surface area contributed by atoms with Crippen molar-refractivity contribution in [3.05, 3.63) is 95.1 Å². The van der Waals surface area contributed by atoms with Crippen LogP contribution in [0.1, 0.15) is 55.8 Å². The maximum absolute atomic E-state index is 13.4. The van der Waals surface area contributed by atoms with E-state index in [9.17, 15) is 14.7 Å². The van der Waals surface area contributed by atoms with Crippen molar-refractivity contribution in [2.75, 3.05) is 20.3 Å². The molecule has 1 heterocycles. The molecule has 0 radical (unpaired) electrons. The molecule has 204 valence electrons. The summed E-state index contributed by atoms with van der Waals surface area (Å²) in [5, 5.41) is 11.4. The number of carbonyl (C=O) groups is 2. The van der Waals surface area contributed by atoms with Gasteiger partial charge in [0.15, 0.2) is 0 Å². The molecule has 1 fully saturated rings. The Bertz CT molecular complexity index is 1310. The molecule has 0 aliphatic carbocycles. The topological polar surface area (TPSA) is 85.3 Å². The van der Waals surface area contributed by atoms with Gasteiger partial charge in [0.1, 0.15) is 23.0 Å². The number of hydrogen-bond donors (Lipinski definition) is 1. The molecule has 1 unspecified atom stereocenters. The lowest BCUT2D eigenvalue weighted by Gasteiger charge is -2.26. The van der Waals surface area contributed by atoms with Crippen LogP contribution in [-0.2, 0) is 16.1 Å². The first kappa shape index (κ1) is 27.8. The van der Waals surface area contributed by atoms with Gasteiger partial charge >= 0.3 is 0 Å². The third-order valence-corrected chi connectivity index (χ3v) is 6.72. The summed E-state index contributed by atoms with van der Waals surface area (Å²) in [5.41, 5.74) is 1.91. The van der Waals surface area contributed by atoms with Crippen LogP contribution in [0.2, 0.25) is 0 Å². The predicted molar refractivity (Wildman–Crippen MR) is 150 cm³/mol.